The van der Waals surface area contributed by atoms with Gasteiger partial charge in [0.15, 0.2) is 8.24 Å². The van der Waals surface area contributed by atoms with Crippen molar-refractivity contribution in [3.63, 3.8) is 0 Å². The smallest absolute Gasteiger partial charge is 0.266 e. The van der Waals surface area contributed by atoms with Crippen molar-refractivity contribution in [1.29, 1.82) is 0 Å². The first-order valence-electron chi connectivity index (χ1n) is 12.2. The van der Waals surface area contributed by atoms with Gasteiger partial charge in [-0.25, -0.2) is 22.7 Å². The number of carbonyl (C=O) groups is 1. The van der Waals surface area contributed by atoms with Gasteiger partial charge in [-0.3, -0.25) is 4.79 Å². The second-order valence-corrected chi connectivity index (χ2v) is 19.0. The molecule has 13 heteroatoms. The number of hydrogen-bond acceptors (Lipinski definition) is 6. The molecule has 3 heterocycles. The van der Waals surface area contributed by atoms with Crippen LogP contribution in [0.15, 0.2) is 59.9 Å². The third-order valence-corrected chi connectivity index (χ3v) is 15.2. The molecule has 0 aliphatic heterocycles. The Morgan fingerprint density at radius 1 is 1.05 bits per heavy atom. The minimum Gasteiger partial charge on any atom is -0.363 e. The van der Waals surface area contributed by atoms with E-state index in [0.717, 1.165) is 4.31 Å². The van der Waals surface area contributed by atoms with Crippen molar-refractivity contribution in [2.45, 2.75) is 43.8 Å². The normalized spacial score (nSPS) is 12.6. The highest BCUT2D eigenvalue weighted by atomic mass is 35.5. The van der Waals surface area contributed by atoms with Crippen LogP contribution in [0.1, 0.15) is 36.8 Å². The number of anilines is 1. The van der Waals surface area contributed by atoms with Gasteiger partial charge >= 0.3 is 0 Å². The van der Waals surface area contributed by atoms with Crippen LogP contribution in [0.25, 0.3) is 11.0 Å². The summed E-state index contributed by atoms with van der Waals surface area (Å²) in [5.74, 6) is -0.488. The van der Waals surface area contributed by atoms with Crippen molar-refractivity contribution in [2.75, 3.05) is 18.1 Å². The van der Waals surface area contributed by atoms with Crippen LogP contribution in [0.3, 0.4) is 0 Å². The Balaban J connectivity index is 1.89. The molecule has 0 N–H and O–H groups in total. The Morgan fingerprint density at radius 2 is 1.75 bits per heavy atom. The number of fused-ring (bicyclic) bond motifs is 1. The van der Waals surface area contributed by atoms with Crippen molar-refractivity contribution < 1.29 is 17.9 Å². The van der Waals surface area contributed by atoms with Crippen molar-refractivity contribution >= 4 is 75.6 Å². The molecule has 1 aromatic carbocycles. The van der Waals surface area contributed by atoms with Crippen LogP contribution in [-0.4, -0.2) is 50.5 Å². The summed E-state index contributed by atoms with van der Waals surface area (Å²) < 4.78 is 35.9. The second-order valence-electron chi connectivity index (χ2n) is 10.8. The van der Waals surface area contributed by atoms with E-state index in [4.69, 9.17) is 39.5 Å². The number of carbonyl (C=O) groups excluding carboxylic acids is 1. The minimum atomic E-state index is -4.28. The van der Waals surface area contributed by atoms with Crippen molar-refractivity contribution in [1.82, 2.24) is 14.2 Å². The first-order valence-corrected chi connectivity index (χ1v) is 17.8. The molecule has 0 saturated heterocycles. The number of halogens is 3. The molecule has 0 unspecified atom stereocenters. The monoisotopic (exact) mass is 638 g/mol. The fraction of sp³-hybridized carbons (Fsp3) is 0.296. The summed E-state index contributed by atoms with van der Waals surface area (Å²) in [6.45, 7) is 10.7. The van der Waals surface area contributed by atoms with Crippen molar-refractivity contribution in [3.05, 3.63) is 81.3 Å². The van der Waals surface area contributed by atoms with Gasteiger partial charge < -0.3 is 8.97 Å². The number of benzene rings is 1. The average Bonchev–Trinajstić information content (AvgIpc) is 3.33. The Kier molecular flexibility index (Phi) is 8.44. The quantitative estimate of drug-likeness (QED) is 0.114. The molecule has 212 valence electrons. The molecule has 0 amide bonds. The van der Waals surface area contributed by atoms with Crippen LogP contribution >= 0.6 is 34.8 Å². The highest BCUT2D eigenvalue weighted by Crippen LogP contribution is 2.39. The van der Waals surface area contributed by atoms with Gasteiger partial charge in [0.25, 0.3) is 10.0 Å². The maximum Gasteiger partial charge on any atom is 0.266 e. The van der Waals surface area contributed by atoms with Gasteiger partial charge in [0.05, 0.1) is 25.7 Å². The zero-order valence-corrected chi connectivity index (χ0v) is 27.0. The molecular formula is C27H29Cl3N4O4SSi. The largest absolute Gasteiger partial charge is 0.363 e. The number of ketones is 1. The molecule has 0 bridgehead atoms. The van der Waals surface area contributed by atoms with Crippen LogP contribution in [-0.2, 0) is 14.8 Å². The summed E-state index contributed by atoms with van der Waals surface area (Å²) in [6.07, 6.45) is 4.84. The van der Waals surface area contributed by atoms with Crippen LogP contribution in [0, 0.1) is 0 Å². The number of aromatic nitrogens is 3. The summed E-state index contributed by atoms with van der Waals surface area (Å²) in [5.41, 5.74) is 0.866. The van der Waals surface area contributed by atoms with E-state index in [1.807, 2.05) is 12.3 Å². The first-order chi connectivity index (χ1) is 18.6. The van der Waals surface area contributed by atoms with E-state index in [-0.39, 0.29) is 36.4 Å². The Labute approximate surface area is 250 Å². The molecule has 0 saturated carbocycles. The summed E-state index contributed by atoms with van der Waals surface area (Å²) in [6, 6.07) is 8.78. The highest BCUT2D eigenvalue weighted by Gasteiger charge is 2.39. The van der Waals surface area contributed by atoms with E-state index in [2.05, 4.69) is 48.1 Å². The van der Waals surface area contributed by atoms with Crippen molar-refractivity contribution in [3.8, 4) is 0 Å². The van der Waals surface area contributed by atoms with Crippen LogP contribution < -0.4 is 4.31 Å². The van der Waals surface area contributed by atoms with Gasteiger partial charge in [0.1, 0.15) is 18.1 Å². The van der Waals surface area contributed by atoms with E-state index in [0.29, 0.717) is 16.6 Å². The maximum atomic E-state index is 14.1. The topological polar surface area (TPSA) is 94.4 Å². The maximum absolute atomic E-state index is 14.1. The zero-order valence-electron chi connectivity index (χ0n) is 22.9. The van der Waals surface area contributed by atoms with Crippen LogP contribution in [0.5, 0.6) is 0 Å². The van der Waals surface area contributed by atoms with Crippen molar-refractivity contribution in [2.24, 2.45) is 0 Å². The minimum absolute atomic E-state index is 0.0190. The summed E-state index contributed by atoms with van der Waals surface area (Å²) in [4.78, 5) is 22.8. The van der Waals surface area contributed by atoms with E-state index >= 15 is 0 Å². The molecule has 0 radical (unpaired) electrons. The van der Waals surface area contributed by atoms with Gasteiger partial charge in [-0.05, 0) is 47.6 Å². The van der Waals surface area contributed by atoms with E-state index in [1.54, 1.807) is 12.3 Å². The predicted octanol–water partition coefficient (Wildman–Crippen LogP) is 7.28. The molecule has 40 heavy (non-hydrogen) atoms. The van der Waals surface area contributed by atoms with Gasteiger partial charge in [-0.15, -0.1) is 0 Å². The standard InChI is InChI=1S/C27H29Cl3N4O4SSi/c1-27(2,3)40(5,6)34-12-10-20-19(9-11-31-26(20)34)25(35)24-23(13-17(28)15-32-24)33(16-38-4)39(36,37)18-7-8-21(29)22(30)14-18/h7-15H,16H2,1-6H3. The van der Waals surface area contributed by atoms with E-state index in [1.165, 1.54) is 37.6 Å². The number of rotatable bonds is 8. The summed E-state index contributed by atoms with van der Waals surface area (Å²) >= 11 is 18.4. The molecular weight excluding hydrogens is 611 g/mol. The number of nitrogens with zero attached hydrogens (tertiary/aromatic N) is 4. The molecule has 0 fully saturated rings. The number of sulfonamides is 1. The number of ether oxygens (including phenoxy) is 1. The summed E-state index contributed by atoms with van der Waals surface area (Å²) in [7, 11) is -5.00. The van der Waals surface area contributed by atoms with E-state index < -0.39 is 30.8 Å². The fourth-order valence-corrected chi connectivity index (χ4v) is 7.92. The lowest BCUT2D eigenvalue weighted by Gasteiger charge is -2.38. The van der Waals surface area contributed by atoms with Gasteiger partial charge in [0, 0.05) is 30.5 Å². The predicted molar refractivity (Wildman–Crippen MR) is 163 cm³/mol. The third-order valence-electron chi connectivity index (χ3n) is 7.31. The lowest BCUT2D eigenvalue weighted by Crippen LogP contribution is -2.45. The molecule has 3 aromatic heterocycles. The first kappa shape index (κ1) is 30.5. The van der Waals surface area contributed by atoms with E-state index in [9.17, 15) is 13.2 Å². The number of hydrogen-bond donors (Lipinski definition) is 0. The molecule has 4 rings (SSSR count). The highest BCUT2D eigenvalue weighted by molar-refractivity contribution is 7.92. The third kappa shape index (κ3) is 5.40. The molecule has 0 aliphatic rings. The average molecular weight is 640 g/mol. The molecule has 0 atom stereocenters. The molecule has 8 nitrogen and oxygen atoms in total. The van der Waals surface area contributed by atoms with Crippen LogP contribution in [0.4, 0.5) is 5.69 Å². The second kappa shape index (κ2) is 11.1. The lowest BCUT2D eigenvalue weighted by molar-refractivity contribution is 0.103. The molecule has 4 aromatic rings. The van der Waals surface area contributed by atoms with Crippen LogP contribution in [0.2, 0.25) is 33.2 Å². The number of pyridine rings is 2. The SMILES string of the molecule is COCN(c1cc(Cl)cnc1C(=O)c1ccnc2c1ccn2[Si](C)(C)C(C)(C)C)S(=O)(=O)c1ccc(Cl)c(Cl)c1. The summed E-state index contributed by atoms with van der Waals surface area (Å²) in [5, 5.41) is 1.06. The number of methoxy groups -OCH3 is 1. The van der Waals surface area contributed by atoms with Gasteiger partial charge in [-0.1, -0.05) is 68.7 Å². The van der Waals surface area contributed by atoms with Gasteiger partial charge in [-0.2, -0.15) is 0 Å². The zero-order chi connectivity index (χ0) is 29.6. The Hall–Kier alpha value is -2.47. The lowest BCUT2D eigenvalue weighted by atomic mass is 10.0. The fourth-order valence-electron chi connectivity index (χ4n) is 4.12. The molecule has 0 aliphatic carbocycles. The Morgan fingerprint density at radius 3 is 2.38 bits per heavy atom. The molecule has 0 spiro atoms. The van der Waals surface area contributed by atoms with Gasteiger partial charge in [0.2, 0.25) is 5.78 Å². The Bertz CT molecular complexity index is 1720.